The summed E-state index contributed by atoms with van der Waals surface area (Å²) < 4.78 is 16.2. The number of nitrogens with one attached hydrogen (secondary N) is 2. The van der Waals surface area contributed by atoms with Crippen LogP contribution in [0.5, 0.6) is 0 Å². The minimum absolute atomic E-state index is 0. The molecule has 2 amide bonds. The molecule has 1 aromatic heterocycles. The lowest BCUT2D eigenvalue weighted by Gasteiger charge is -2.40. The quantitative estimate of drug-likeness (QED) is 0.625. The fourth-order valence-corrected chi connectivity index (χ4v) is 5.77. The number of aromatic nitrogens is 2. The zero-order valence-corrected chi connectivity index (χ0v) is 18.6. The van der Waals surface area contributed by atoms with Crippen LogP contribution >= 0.6 is 11.9 Å². The van der Waals surface area contributed by atoms with Gasteiger partial charge >= 0.3 is 6.03 Å². The largest absolute Gasteiger partial charge is 0.374 e. The summed E-state index contributed by atoms with van der Waals surface area (Å²) >= 11 is 1.27. The summed E-state index contributed by atoms with van der Waals surface area (Å²) in [5.41, 5.74) is 7.22. The molecule has 1 aromatic carbocycles. The Hall–Kier alpha value is -2.03. The molecule has 0 unspecified atom stereocenters. The van der Waals surface area contributed by atoms with Crippen LogP contribution in [0.15, 0.2) is 17.2 Å². The van der Waals surface area contributed by atoms with E-state index < -0.39 is 5.60 Å². The van der Waals surface area contributed by atoms with Crippen LogP contribution in [0.3, 0.4) is 0 Å². The van der Waals surface area contributed by atoms with E-state index >= 15 is 0 Å². The lowest BCUT2D eigenvalue weighted by molar-refractivity contribution is -0.206. The number of fused-ring (bicyclic) bond motifs is 2. The van der Waals surface area contributed by atoms with Crippen molar-refractivity contribution in [2.45, 2.75) is 75.5 Å². The molecule has 3 aliphatic carbocycles. The number of nitrogens with zero attached hydrogens (tertiary/aromatic N) is 2. The van der Waals surface area contributed by atoms with Crippen molar-refractivity contribution < 1.29 is 14.3 Å². The summed E-state index contributed by atoms with van der Waals surface area (Å²) in [6, 6.07) is 4.66. The number of benzene rings is 1. The van der Waals surface area contributed by atoms with Crippen LogP contribution in [0.4, 0.5) is 10.5 Å². The van der Waals surface area contributed by atoms with E-state index in [-0.39, 0.29) is 13.5 Å². The van der Waals surface area contributed by atoms with Crippen LogP contribution in [-0.4, -0.2) is 36.1 Å². The van der Waals surface area contributed by atoms with Gasteiger partial charge in [0.15, 0.2) is 5.60 Å². The molecular formula is C24H32N4O3S. The van der Waals surface area contributed by atoms with Gasteiger partial charge in [-0.25, -0.2) is 4.79 Å². The SMILES string of the molecule is C.COC1(c2cc(SNC(=O)Nc3c4c(cc5c3CCC5)CCC4)nn2C2CC2)COC1. The summed E-state index contributed by atoms with van der Waals surface area (Å²) in [6.07, 6.45) is 8.99. The predicted octanol–water partition coefficient (Wildman–Crippen LogP) is 4.53. The summed E-state index contributed by atoms with van der Waals surface area (Å²) in [5.74, 6) is 0. The van der Waals surface area contributed by atoms with Crippen LogP contribution in [0.2, 0.25) is 0 Å². The van der Waals surface area contributed by atoms with E-state index in [1.54, 1.807) is 7.11 Å². The Morgan fingerprint density at radius 2 is 1.84 bits per heavy atom. The molecule has 1 aliphatic heterocycles. The van der Waals surface area contributed by atoms with Crippen molar-refractivity contribution in [2.75, 3.05) is 25.6 Å². The average molecular weight is 457 g/mol. The highest BCUT2D eigenvalue weighted by atomic mass is 32.2. The van der Waals surface area contributed by atoms with Gasteiger partial charge in [0.25, 0.3) is 0 Å². The van der Waals surface area contributed by atoms with E-state index in [9.17, 15) is 4.79 Å². The highest BCUT2D eigenvalue weighted by molar-refractivity contribution is 7.97. The molecule has 0 spiro atoms. The van der Waals surface area contributed by atoms with Crippen LogP contribution in [0.1, 0.15) is 67.1 Å². The van der Waals surface area contributed by atoms with E-state index in [1.807, 2.05) is 6.07 Å². The van der Waals surface area contributed by atoms with E-state index in [2.05, 4.69) is 20.8 Å². The maximum atomic E-state index is 12.8. The first-order valence-electron chi connectivity index (χ1n) is 11.3. The maximum absolute atomic E-state index is 12.8. The molecule has 172 valence electrons. The Balaban J connectivity index is 0.00000216. The van der Waals surface area contributed by atoms with Crippen molar-refractivity contribution in [3.63, 3.8) is 0 Å². The molecule has 0 atom stereocenters. The summed E-state index contributed by atoms with van der Waals surface area (Å²) in [6.45, 7) is 1.09. The van der Waals surface area contributed by atoms with Crippen molar-refractivity contribution in [2.24, 2.45) is 0 Å². The first-order chi connectivity index (χ1) is 15.2. The molecule has 7 nitrogen and oxygen atoms in total. The summed E-state index contributed by atoms with van der Waals surface area (Å²) in [7, 11) is 1.72. The standard InChI is InChI=1S/C23H28N4O3S.CH4/c1-29-23(12-30-13-23)19-11-20(25-27(19)16-8-9-16)31-26-22(28)24-21-17-6-2-4-14(17)10-15-5-3-7-18(15)21;/h10-11,16H,2-9,12-13H2,1H3,(H2,24,26,28);1H4. The molecule has 6 rings (SSSR count). The number of ether oxygens (including phenoxy) is 2. The topological polar surface area (TPSA) is 77.4 Å². The second kappa shape index (κ2) is 8.39. The first kappa shape index (κ1) is 21.8. The van der Waals surface area contributed by atoms with Gasteiger partial charge in [0, 0.05) is 24.7 Å². The van der Waals surface area contributed by atoms with E-state index in [1.165, 1.54) is 47.0 Å². The van der Waals surface area contributed by atoms with Gasteiger partial charge in [-0.05, 0) is 79.7 Å². The van der Waals surface area contributed by atoms with Crippen LogP contribution in [0.25, 0.3) is 0 Å². The van der Waals surface area contributed by atoms with E-state index in [0.29, 0.717) is 19.3 Å². The number of amides is 2. The second-order valence-electron chi connectivity index (χ2n) is 9.13. The molecule has 2 N–H and O–H groups in total. The predicted molar refractivity (Wildman–Crippen MR) is 125 cm³/mol. The normalized spacial score (nSPS) is 20.2. The highest BCUT2D eigenvalue weighted by Crippen LogP contribution is 2.42. The minimum atomic E-state index is -0.415. The molecule has 1 saturated carbocycles. The number of hydrogen-bond donors (Lipinski definition) is 2. The van der Waals surface area contributed by atoms with Crippen molar-refractivity contribution in [3.8, 4) is 0 Å². The molecule has 32 heavy (non-hydrogen) atoms. The number of carbonyl (C=O) groups excluding carboxylic acids is 1. The summed E-state index contributed by atoms with van der Waals surface area (Å²) in [5, 5.41) is 8.73. The molecule has 2 aromatic rings. The zero-order chi connectivity index (χ0) is 21.0. The van der Waals surface area contributed by atoms with Gasteiger partial charge in [-0.2, -0.15) is 5.10 Å². The number of carbonyl (C=O) groups is 1. The van der Waals surface area contributed by atoms with Crippen molar-refractivity contribution >= 4 is 23.7 Å². The Bertz CT molecular complexity index is 1000. The molecular weight excluding hydrogens is 424 g/mol. The molecule has 0 radical (unpaired) electrons. The van der Waals surface area contributed by atoms with Gasteiger partial charge in [0.1, 0.15) is 5.03 Å². The Morgan fingerprint density at radius 3 is 2.41 bits per heavy atom. The number of methoxy groups -OCH3 is 1. The number of anilines is 1. The molecule has 2 heterocycles. The molecule has 1 saturated heterocycles. The monoisotopic (exact) mass is 456 g/mol. The van der Waals surface area contributed by atoms with E-state index in [0.717, 1.165) is 54.9 Å². The van der Waals surface area contributed by atoms with Gasteiger partial charge in [0.05, 0.1) is 24.9 Å². The summed E-state index contributed by atoms with van der Waals surface area (Å²) in [4.78, 5) is 12.8. The fourth-order valence-electron chi connectivity index (χ4n) is 5.22. The molecule has 8 heteroatoms. The van der Waals surface area contributed by atoms with Crippen molar-refractivity contribution in [3.05, 3.63) is 40.1 Å². The van der Waals surface area contributed by atoms with Crippen LogP contribution in [-0.2, 0) is 40.8 Å². The highest BCUT2D eigenvalue weighted by Gasteiger charge is 2.46. The Kier molecular flexibility index (Phi) is 5.72. The maximum Gasteiger partial charge on any atom is 0.329 e. The van der Waals surface area contributed by atoms with Gasteiger partial charge in [0.2, 0.25) is 0 Å². The van der Waals surface area contributed by atoms with Crippen LogP contribution < -0.4 is 10.0 Å². The van der Waals surface area contributed by atoms with Gasteiger partial charge < -0.3 is 14.8 Å². The molecule has 0 bridgehead atoms. The fraction of sp³-hybridized carbons (Fsp3) is 0.583. The Morgan fingerprint density at radius 1 is 1.16 bits per heavy atom. The number of hydrogen-bond acceptors (Lipinski definition) is 5. The number of urea groups is 1. The smallest absolute Gasteiger partial charge is 0.329 e. The third-order valence-electron chi connectivity index (χ3n) is 7.09. The third kappa shape index (κ3) is 3.62. The van der Waals surface area contributed by atoms with Gasteiger partial charge in [-0.1, -0.05) is 13.5 Å². The van der Waals surface area contributed by atoms with Crippen LogP contribution in [0, 0.1) is 0 Å². The zero-order valence-electron chi connectivity index (χ0n) is 17.8. The molecule has 4 aliphatic rings. The van der Waals surface area contributed by atoms with E-state index in [4.69, 9.17) is 14.6 Å². The number of rotatable bonds is 6. The third-order valence-corrected chi connectivity index (χ3v) is 7.79. The average Bonchev–Trinajstić information content (AvgIpc) is 3.13. The number of aryl methyl sites for hydroxylation is 2. The lowest BCUT2D eigenvalue weighted by atomic mass is 9.97. The first-order valence-corrected chi connectivity index (χ1v) is 12.1. The van der Waals surface area contributed by atoms with Crippen molar-refractivity contribution in [1.29, 1.82) is 0 Å². The Labute approximate surface area is 193 Å². The van der Waals surface area contributed by atoms with Crippen molar-refractivity contribution in [1.82, 2.24) is 14.5 Å². The second-order valence-corrected chi connectivity index (χ2v) is 9.95. The van der Waals surface area contributed by atoms with Gasteiger partial charge in [-0.15, -0.1) is 0 Å². The minimum Gasteiger partial charge on any atom is -0.374 e. The van der Waals surface area contributed by atoms with Gasteiger partial charge in [-0.3, -0.25) is 9.40 Å². The lowest BCUT2D eigenvalue weighted by Crippen LogP contribution is -2.49. The molecule has 2 fully saturated rings.